The van der Waals surface area contributed by atoms with Crippen molar-refractivity contribution >= 4 is 34.2 Å². The normalized spacial score (nSPS) is 10.4. The van der Waals surface area contributed by atoms with Crippen LogP contribution in [0.4, 0.5) is 11.5 Å². The summed E-state index contributed by atoms with van der Waals surface area (Å²) in [6, 6.07) is 11.2. The summed E-state index contributed by atoms with van der Waals surface area (Å²) in [6.07, 6.45) is 10.8. The summed E-state index contributed by atoms with van der Waals surface area (Å²) in [5.41, 5.74) is 2.32. The van der Waals surface area contributed by atoms with Crippen LogP contribution in [0.1, 0.15) is 44.6 Å². The Labute approximate surface area is 205 Å². The van der Waals surface area contributed by atoms with Gasteiger partial charge in [0.25, 0.3) is 0 Å². The Morgan fingerprint density at radius 1 is 1.06 bits per heavy atom. The van der Waals surface area contributed by atoms with Crippen molar-refractivity contribution in [3.63, 3.8) is 0 Å². The van der Waals surface area contributed by atoms with Gasteiger partial charge in [-0.05, 0) is 37.1 Å². The third-order valence-corrected chi connectivity index (χ3v) is 5.26. The van der Waals surface area contributed by atoms with Crippen molar-refractivity contribution < 1.29 is 23.8 Å². The summed E-state index contributed by atoms with van der Waals surface area (Å²) in [7, 11) is 1.59. The number of nitrogens with zero attached hydrogens (tertiary/aromatic N) is 2. The Kier molecular flexibility index (Phi) is 9.43. The predicted octanol–water partition coefficient (Wildman–Crippen LogP) is 4.82. The minimum Gasteiger partial charge on any atom is -0.493 e. The van der Waals surface area contributed by atoms with Crippen LogP contribution < -0.4 is 14.8 Å². The van der Waals surface area contributed by atoms with Crippen molar-refractivity contribution in [3.05, 3.63) is 48.3 Å². The molecule has 0 radical (unpaired) electrons. The molecule has 0 aliphatic carbocycles. The summed E-state index contributed by atoms with van der Waals surface area (Å²) in [6.45, 7) is 1.65. The van der Waals surface area contributed by atoms with Gasteiger partial charge in [-0.3, -0.25) is 9.59 Å². The summed E-state index contributed by atoms with van der Waals surface area (Å²) in [5.74, 6) is 3.96. The fraction of sp³-hybridized carbons (Fsp3) is 0.333. The van der Waals surface area contributed by atoms with E-state index in [0.29, 0.717) is 30.3 Å². The van der Waals surface area contributed by atoms with Crippen molar-refractivity contribution in [3.8, 4) is 23.8 Å². The van der Waals surface area contributed by atoms with Gasteiger partial charge in [-0.2, -0.15) is 0 Å². The number of aromatic nitrogens is 2. The number of carbonyl (C=O) groups excluding carboxylic acids is 2. The van der Waals surface area contributed by atoms with Crippen LogP contribution in [-0.4, -0.2) is 42.0 Å². The fourth-order valence-corrected chi connectivity index (χ4v) is 3.47. The highest BCUT2D eigenvalue weighted by atomic mass is 16.5. The number of anilines is 2. The number of nitrogens with one attached hydrogen (secondary N) is 1. The zero-order chi connectivity index (χ0) is 25.0. The molecule has 0 fully saturated rings. The van der Waals surface area contributed by atoms with E-state index in [9.17, 15) is 9.59 Å². The van der Waals surface area contributed by atoms with E-state index in [1.54, 1.807) is 7.11 Å². The lowest BCUT2D eigenvalue weighted by molar-refractivity contribution is -0.145. The van der Waals surface area contributed by atoms with E-state index in [0.717, 1.165) is 47.8 Å². The van der Waals surface area contributed by atoms with Crippen molar-refractivity contribution in [2.24, 2.45) is 0 Å². The highest BCUT2D eigenvalue weighted by Gasteiger charge is 2.12. The summed E-state index contributed by atoms with van der Waals surface area (Å²) >= 11 is 0. The van der Waals surface area contributed by atoms with Crippen LogP contribution in [0.15, 0.2) is 42.7 Å². The highest BCUT2D eigenvalue weighted by molar-refractivity contribution is 5.93. The van der Waals surface area contributed by atoms with Gasteiger partial charge in [-0.25, -0.2) is 9.97 Å². The lowest BCUT2D eigenvalue weighted by atomic mass is 10.1. The maximum atomic E-state index is 11.6. The molecule has 2 aromatic carbocycles. The Balaban J connectivity index is 1.58. The van der Waals surface area contributed by atoms with Gasteiger partial charge in [0, 0.05) is 36.0 Å². The summed E-state index contributed by atoms with van der Waals surface area (Å²) in [4.78, 5) is 31.1. The second kappa shape index (κ2) is 12.9. The van der Waals surface area contributed by atoms with E-state index < -0.39 is 5.97 Å². The molecule has 35 heavy (non-hydrogen) atoms. The number of esters is 1. The Morgan fingerprint density at radius 3 is 2.66 bits per heavy atom. The number of methoxy groups -OCH3 is 1. The number of hydrogen-bond acceptors (Lipinski definition) is 8. The first kappa shape index (κ1) is 25.5. The zero-order valence-corrected chi connectivity index (χ0v) is 20.0. The first-order chi connectivity index (χ1) is 17.0. The number of Topliss-reactive ketones (excluding diaryl/α,β-unsaturated/α-hetero) is 1. The lowest BCUT2D eigenvalue weighted by Crippen LogP contribution is -2.11. The third-order valence-electron chi connectivity index (χ3n) is 5.26. The van der Waals surface area contributed by atoms with E-state index in [1.807, 2.05) is 36.4 Å². The Hall–Kier alpha value is -4.12. The molecule has 0 saturated carbocycles. The number of ketones is 1. The molecule has 3 aromatic rings. The van der Waals surface area contributed by atoms with Crippen molar-refractivity contribution in [1.29, 1.82) is 0 Å². The molecular formula is C27H29N3O5. The maximum Gasteiger partial charge on any atom is 0.303 e. The van der Waals surface area contributed by atoms with E-state index in [4.69, 9.17) is 20.6 Å². The molecule has 1 aromatic heterocycles. The SMILES string of the molecule is C#Cc1cccc(Nc2ncnc3cc(OC)c(OCCCCCCC(=O)COC(C)=O)cc23)c1. The third kappa shape index (κ3) is 7.71. The monoisotopic (exact) mass is 475 g/mol. The molecule has 0 bridgehead atoms. The number of unbranched alkanes of at least 4 members (excludes halogenated alkanes) is 3. The lowest BCUT2D eigenvalue weighted by Gasteiger charge is -2.14. The minimum absolute atomic E-state index is 0.0602. The molecule has 0 aliphatic heterocycles. The average Bonchev–Trinajstić information content (AvgIpc) is 2.86. The van der Waals surface area contributed by atoms with Gasteiger partial charge >= 0.3 is 5.97 Å². The molecule has 0 spiro atoms. The molecule has 0 saturated heterocycles. The van der Waals surface area contributed by atoms with Gasteiger partial charge < -0.3 is 19.5 Å². The highest BCUT2D eigenvalue weighted by Crippen LogP contribution is 2.35. The van der Waals surface area contributed by atoms with Gasteiger partial charge in [0.15, 0.2) is 17.3 Å². The number of terminal acetylenes is 1. The van der Waals surface area contributed by atoms with Gasteiger partial charge in [0.1, 0.15) is 18.8 Å². The van der Waals surface area contributed by atoms with Crippen LogP contribution in [0.2, 0.25) is 0 Å². The number of carbonyl (C=O) groups is 2. The van der Waals surface area contributed by atoms with Gasteiger partial charge in [0.2, 0.25) is 0 Å². The zero-order valence-electron chi connectivity index (χ0n) is 20.0. The van der Waals surface area contributed by atoms with Crippen molar-refractivity contribution in [2.45, 2.75) is 39.0 Å². The van der Waals surface area contributed by atoms with Crippen molar-refractivity contribution in [1.82, 2.24) is 9.97 Å². The first-order valence-electron chi connectivity index (χ1n) is 11.4. The Morgan fingerprint density at radius 2 is 1.89 bits per heavy atom. The molecule has 0 atom stereocenters. The second-order valence-electron chi connectivity index (χ2n) is 7.92. The van der Waals surface area contributed by atoms with Crippen LogP contribution in [0.25, 0.3) is 10.9 Å². The largest absolute Gasteiger partial charge is 0.493 e. The predicted molar refractivity (Wildman–Crippen MR) is 134 cm³/mol. The van der Waals surface area contributed by atoms with E-state index >= 15 is 0 Å². The molecule has 0 unspecified atom stereocenters. The van der Waals surface area contributed by atoms with E-state index in [-0.39, 0.29) is 12.4 Å². The topological polar surface area (TPSA) is 99.6 Å². The van der Waals surface area contributed by atoms with Crippen LogP contribution >= 0.6 is 0 Å². The Bertz CT molecular complexity index is 1220. The number of benzene rings is 2. The number of ether oxygens (including phenoxy) is 3. The standard InChI is InChI=1S/C27H29N3O5/c1-4-20-10-9-11-21(14-20)30-27-23-15-26(25(33-3)16-24(23)28-18-29-27)34-13-8-6-5-7-12-22(32)17-35-19(2)31/h1,9-11,14-16,18H,5-8,12-13,17H2,2-3H3,(H,28,29,30). The molecule has 8 nitrogen and oxygen atoms in total. The minimum atomic E-state index is -0.438. The summed E-state index contributed by atoms with van der Waals surface area (Å²) in [5, 5.41) is 4.10. The second-order valence-corrected chi connectivity index (χ2v) is 7.92. The van der Waals surface area contributed by atoms with E-state index in [2.05, 4.69) is 21.2 Å². The van der Waals surface area contributed by atoms with Crippen molar-refractivity contribution in [2.75, 3.05) is 25.6 Å². The smallest absolute Gasteiger partial charge is 0.303 e. The number of hydrogen-bond donors (Lipinski definition) is 1. The van der Waals surface area contributed by atoms with Gasteiger partial charge in [0.05, 0.1) is 19.2 Å². The average molecular weight is 476 g/mol. The quantitative estimate of drug-likeness (QED) is 0.213. The van der Waals surface area contributed by atoms with Crippen LogP contribution in [0.3, 0.4) is 0 Å². The molecule has 1 N–H and O–H groups in total. The number of rotatable bonds is 13. The molecule has 0 amide bonds. The molecule has 3 rings (SSSR count). The van der Waals surface area contributed by atoms with Crippen LogP contribution in [0.5, 0.6) is 11.5 Å². The molecular weight excluding hydrogens is 446 g/mol. The van der Waals surface area contributed by atoms with Crippen LogP contribution in [0, 0.1) is 12.3 Å². The van der Waals surface area contributed by atoms with Crippen LogP contribution in [-0.2, 0) is 14.3 Å². The molecule has 0 aliphatic rings. The summed E-state index contributed by atoms with van der Waals surface area (Å²) < 4.78 is 16.2. The number of fused-ring (bicyclic) bond motifs is 1. The fourth-order valence-electron chi connectivity index (χ4n) is 3.47. The van der Waals surface area contributed by atoms with Gasteiger partial charge in [-0.15, -0.1) is 6.42 Å². The van der Waals surface area contributed by atoms with Gasteiger partial charge in [-0.1, -0.05) is 24.8 Å². The first-order valence-corrected chi connectivity index (χ1v) is 11.4. The van der Waals surface area contributed by atoms with E-state index in [1.165, 1.54) is 13.3 Å². The molecule has 182 valence electrons. The maximum absolute atomic E-state index is 11.6. The molecule has 8 heteroatoms. The molecule has 1 heterocycles.